The molecule has 0 radical (unpaired) electrons. The van der Waals surface area contributed by atoms with Crippen LogP contribution in [-0.2, 0) is 0 Å². The third-order valence-corrected chi connectivity index (χ3v) is 5.35. The number of non-ortho nitro benzene ring substituents is 1. The van der Waals surface area contributed by atoms with Gasteiger partial charge in [-0.25, -0.2) is 4.79 Å². The molecule has 0 spiro atoms. The lowest BCUT2D eigenvalue weighted by molar-refractivity contribution is -0.384. The first-order valence-corrected chi connectivity index (χ1v) is 9.79. The van der Waals surface area contributed by atoms with Gasteiger partial charge in [-0.2, -0.15) is 5.10 Å². The molecule has 1 aromatic heterocycles. The standard InChI is InChI=1S/C24H17N3O4/c28-24-20(14-17-7-4-5-12-23(17)31-24)21-15-22(16-8-6-11-19(13-16)27(29)30)26(25-21)18-9-2-1-3-10-18/h1-14,22H,15H2/t22-/m1/s1. The molecule has 1 aliphatic rings. The molecular formula is C24H17N3O4. The van der Waals surface area contributed by atoms with Gasteiger partial charge < -0.3 is 4.42 Å². The number of rotatable bonds is 4. The highest BCUT2D eigenvalue weighted by molar-refractivity contribution is 6.04. The van der Waals surface area contributed by atoms with Gasteiger partial charge in [0.15, 0.2) is 0 Å². The van der Waals surface area contributed by atoms with Gasteiger partial charge in [-0.15, -0.1) is 0 Å². The molecule has 0 fully saturated rings. The first-order valence-electron chi connectivity index (χ1n) is 9.79. The van der Waals surface area contributed by atoms with Crippen molar-refractivity contribution in [2.75, 3.05) is 5.01 Å². The van der Waals surface area contributed by atoms with Crippen LogP contribution in [0.4, 0.5) is 11.4 Å². The number of nitrogens with zero attached hydrogens (tertiary/aromatic N) is 3. The van der Waals surface area contributed by atoms with Crippen LogP contribution in [0, 0.1) is 10.1 Å². The van der Waals surface area contributed by atoms with Gasteiger partial charge in [0.05, 0.1) is 27.9 Å². The molecule has 0 saturated heterocycles. The van der Waals surface area contributed by atoms with Crippen molar-refractivity contribution in [3.63, 3.8) is 0 Å². The van der Waals surface area contributed by atoms with Crippen LogP contribution in [0.5, 0.6) is 0 Å². The monoisotopic (exact) mass is 411 g/mol. The van der Waals surface area contributed by atoms with Crippen molar-refractivity contribution in [3.8, 4) is 0 Å². The quantitative estimate of drug-likeness (QED) is 0.266. The second-order valence-electron chi connectivity index (χ2n) is 7.28. The molecule has 31 heavy (non-hydrogen) atoms. The minimum Gasteiger partial charge on any atom is -0.422 e. The molecule has 0 saturated carbocycles. The lowest BCUT2D eigenvalue weighted by Crippen LogP contribution is -2.18. The minimum atomic E-state index is -0.454. The fraction of sp³-hybridized carbons (Fsp3) is 0.0833. The summed E-state index contributed by atoms with van der Waals surface area (Å²) >= 11 is 0. The molecule has 0 bridgehead atoms. The van der Waals surface area contributed by atoms with E-state index in [1.54, 1.807) is 24.3 Å². The van der Waals surface area contributed by atoms with Crippen LogP contribution >= 0.6 is 0 Å². The fourth-order valence-corrected chi connectivity index (χ4v) is 3.86. The number of nitro groups is 1. The number of anilines is 1. The highest BCUT2D eigenvalue weighted by Gasteiger charge is 2.32. The van der Waals surface area contributed by atoms with Crippen molar-refractivity contribution >= 4 is 28.1 Å². The summed E-state index contributed by atoms with van der Waals surface area (Å²) in [6, 6.07) is 24.9. The summed E-state index contributed by atoms with van der Waals surface area (Å²) in [5.41, 5.74) is 2.65. The van der Waals surface area contributed by atoms with E-state index in [-0.39, 0.29) is 11.7 Å². The molecule has 5 rings (SSSR count). The van der Waals surface area contributed by atoms with E-state index in [1.807, 2.05) is 59.6 Å². The number of fused-ring (bicyclic) bond motifs is 1. The highest BCUT2D eigenvalue weighted by atomic mass is 16.6. The Bertz CT molecular complexity index is 1380. The van der Waals surface area contributed by atoms with Gasteiger partial charge in [0.25, 0.3) is 5.69 Å². The van der Waals surface area contributed by atoms with Crippen molar-refractivity contribution in [3.05, 3.63) is 117 Å². The Morgan fingerprint density at radius 3 is 2.55 bits per heavy atom. The summed E-state index contributed by atoms with van der Waals surface area (Å²) in [5.74, 6) is 0. The Morgan fingerprint density at radius 2 is 1.74 bits per heavy atom. The van der Waals surface area contributed by atoms with E-state index >= 15 is 0 Å². The summed E-state index contributed by atoms with van der Waals surface area (Å²) in [5, 5.41) is 18.7. The van der Waals surface area contributed by atoms with Gasteiger partial charge >= 0.3 is 5.63 Å². The summed E-state index contributed by atoms with van der Waals surface area (Å²) in [4.78, 5) is 23.6. The molecule has 3 aromatic carbocycles. The van der Waals surface area contributed by atoms with E-state index in [0.29, 0.717) is 23.3 Å². The third kappa shape index (κ3) is 3.46. The predicted octanol–water partition coefficient (Wildman–Crippen LogP) is 5.06. The van der Waals surface area contributed by atoms with Gasteiger partial charge in [0.2, 0.25) is 0 Å². The summed E-state index contributed by atoms with van der Waals surface area (Å²) in [7, 11) is 0. The van der Waals surface area contributed by atoms with Crippen LogP contribution in [0.15, 0.2) is 99.2 Å². The Morgan fingerprint density at radius 1 is 0.968 bits per heavy atom. The molecule has 4 aromatic rings. The van der Waals surface area contributed by atoms with E-state index in [0.717, 1.165) is 16.6 Å². The summed E-state index contributed by atoms with van der Waals surface area (Å²) in [6.07, 6.45) is 0.416. The zero-order valence-electron chi connectivity index (χ0n) is 16.3. The van der Waals surface area contributed by atoms with Crippen molar-refractivity contribution < 1.29 is 9.34 Å². The van der Waals surface area contributed by atoms with E-state index < -0.39 is 10.5 Å². The van der Waals surface area contributed by atoms with E-state index in [1.165, 1.54) is 6.07 Å². The van der Waals surface area contributed by atoms with Crippen LogP contribution in [0.1, 0.15) is 23.6 Å². The van der Waals surface area contributed by atoms with E-state index in [4.69, 9.17) is 9.52 Å². The molecule has 2 heterocycles. The van der Waals surface area contributed by atoms with Gasteiger partial charge in [-0.3, -0.25) is 15.1 Å². The average Bonchev–Trinajstić information content (AvgIpc) is 3.24. The summed E-state index contributed by atoms with van der Waals surface area (Å²) < 4.78 is 5.49. The summed E-state index contributed by atoms with van der Waals surface area (Å²) in [6.45, 7) is 0. The smallest absolute Gasteiger partial charge is 0.345 e. The molecule has 7 heteroatoms. The largest absolute Gasteiger partial charge is 0.422 e. The van der Waals surface area contributed by atoms with Gasteiger partial charge in [0, 0.05) is 23.9 Å². The van der Waals surface area contributed by atoms with Crippen molar-refractivity contribution in [2.24, 2.45) is 5.10 Å². The molecular weight excluding hydrogens is 394 g/mol. The normalized spacial score (nSPS) is 15.8. The molecule has 0 amide bonds. The predicted molar refractivity (Wildman–Crippen MR) is 118 cm³/mol. The topological polar surface area (TPSA) is 89.0 Å². The number of hydrogen-bond acceptors (Lipinski definition) is 6. The van der Waals surface area contributed by atoms with E-state index in [9.17, 15) is 14.9 Å². The van der Waals surface area contributed by atoms with Gasteiger partial charge in [-0.05, 0) is 29.8 Å². The van der Waals surface area contributed by atoms with Gasteiger partial charge in [-0.1, -0.05) is 48.5 Å². The van der Waals surface area contributed by atoms with Gasteiger partial charge in [0.1, 0.15) is 5.58 Å². The lowest BCUT2D eigenvalue weighted by Gasteiger charge is -2.23. The first kappa shape index (κ1) is 18.7. The maximum absolute atomic E-state index is 12.7. The fourth-order valence-electron chi connectivity index (χ4n) is 3.86. The van der Waals surface area contributed by atoms with E-state index in [2.05, 4.69) is 0 Å². The third-order valence-electron chi connectivity index (χ3n) is 5.35. The molecule has 1 atom stereocenters. The van der Waals surface area contributed by atoms with Crippen LogP contribution in [0.25, 0.3) is 11.0 Å². The SMILES string of the molecule is O=c1oc2ccccc2cc1C1=NN(c2ccccc2)[C@@H](c2cccc([N+](=O)[O-])c2)C1. The molecule has 152 valence electrons. The van der Waals surface area contributed by atoms with Crippen molar-refractivity contribution in [2.45, 2.75) is 12.5 Å². The van der Waals surface area contributed by atoms with Crippen LogP contribution in [-0.4, -0.2) is 10.6 Å². The molecule has 0 N–H and O–H groups in total. The highest BCUT2D eigenvalue weighted by Crippen LogP contribution is 2.37. The Balaban J connectivity index is 1.62. The minimum absolute atomic E-state index is 0.0178. The molecule has 1 aliphatic heterocycles. The van der Waals surface area contributed by atoms with Crippen LogP contribution < -0.4 is 10.6 Å². The maximum atomic E-state index is 12.7. The number of nitro benzene ring substituents is 1. The molecule has 0 unspecified atom stereocenters. The number of hydrazone groups is 1. The second-order valence-corrected chi connectivity index (χ2v) is 7.28. The Kier molecular flexibility index (Phi) is 4.55. The zero-order chi connectivity index (χ0) is 21.4. The van der Waals surface area contributed by atoms with Crippen molar-refractivity contribution in [1.82, 2.24) is 0 Å². The number of para-hydroxylation sites is 2. The first-order chi connectivity index (χ1) is 15.1. The average molecular weight is 411 g/mol. The number of hydrogen-bond donors (Lipinski definition) is 0. The Labute approximate surface area is 177 Å². The van der Waals surface area contributed by atoms with Crippen LogP contribution in [0.2, 0.25) is 0 Å². The van der Waals surface area contributed by atoms with Crippen molar-refractivity contribution in [1.29, 1.82) is 0 Å². The Hall–Kier alpha value is -4.26. The number of benzene rings is 3. The van der Waals surface area contributed by atoms with Crippen LogP contribution in [0.3, 0.4) is 0 Å². The zero-order valence-corrected chi connectivity index (χ0v) is 16.3. The molecule has 7 nitrogen and oxygen atoms in total. The maximum Gasteiger partial charge on any atom is 0.345 e. The lowest BCUT2D eigenvalue weighted by atomic mass is 9.98. The second kappa shape index (κ2) is 7.53. The molecule has 0 aliphatic carbocycles.